The van der Waals surface area contributed by atoms with Gasteiger partial charge in [-0.05, 0) is 30.7 Å². The molecule has 1 aromatic carbocycles. The third kappa shape index (κ3) is 7.34. The second kappa shape index (κ2) is 11.8. The Morgan fingerprint density at radius 1 is 1.19 bits per heavy atom. The van der Waals surface area contributed by atoms with E-state index in [1.807, 2.05) is 17.0 Å². The number of halogens is 1. The molecule has 2 amide bonds. The summed E-state index contributed by atoms with van der Waals surface area (Å²) in [6, 6.07) is 7.34. The number of benzene rings is 1. The summed E-state index contributed by atoms with van der Waals surface area (Å²) in [5.74, 6) is 1.29. The van der Waals surface area contributed by atoms with Gasteiger partial charge in [-0.25, -0.2) is 4.98 Å². The number of piperazine rings is 1. The summed E-state index contributed by atoms with van der Waals surface area (Å²) >= 11 is 5.91. The van der Waals surface area contributed by atoms with E-state index in [2.05, 4.69) is 15.2 Å². The molecule has 0 atom stereocenters. The molecule has 0 bridgehead atoms. The lowest BCUT2D eigenvalue weighted by Gasteiger charge is -2.34. The Morgan fingerprint density at radius 3 is 2.65 bits per heavy atom. The minimum atomic E-state index is 0.0104. The van der Waals surface area contributed by atoms with Gasteiger partial charge in [0, 0.05) is 69.9 Å². The summed E-state index contributed by atoms with van der Waals surface area (Å²) in [6.07, 6.45) is 3.27. The van der Waals surface area contributed by atoms with Crippen LogP contribution in [-0.2, 0) is 20.7 Å². The van der Waals surface area contributed by atoms with Crippen LogP contribution in [-0.4, -0.2) is 79.6 Å². The predicted molar refractivity (Wildman–Crippen MR) is 118 cm³/mol. The van der Waals surface area contributed by atoms with Gasteiger partial charge in [0.15, 0.2) is 11.7 Å². The number of nitrogens with one attached hydrogen (secondary N) is 1. The van der Waals surface area contributed by atoms with Gasteiger partial charge in [0.05, 0.1) is 12.7 Å². The van der Waals surface area contributed by atoms with Gasteiger partial charge in [-0.2, -0.15) is 0 Å². The minimum Gasteiger partial charge on any atom is -0.441 e. The quantitative estimate of drug-likeness (QED) is 0.561. The van der Waals surface area contributed by atoms with Crippen LogP contribution >= 0.6 is 11.6 Å². The van der Waals surface area contributed by atoms with Crippen molar-refractivity contribution < 1.29 is 18.7 Å². The molecule has 9 heteroatoms. The molecule has 0 spiro atoms. The molecule has 1 aliphatic heterocycles. The van der Waals surface area contributed by atoms with Crippen LogP contribution in [0, 0.1) is 0 Å². The Balaban J connectivity index is 1.37. The molecule has 2 aromatic rings. The highest BCUT2D eigenvalue weighted by molar-refractivity contribution is 6.30. The number of oxazole rings is 1. The highest BCUT2D eigenvalue weighted by atomic mass is 35.5. The first-order valence-electron chi connectivity index (χ1n) is 10.5. The fraction of sp³-hybridized carbons (Fsp3) is 0.500. The van der Waals surface area contributed by atoms with Gasteiger partial charge in [-0.3, -0.25) is 14.5 Å². The zero-order valence-corrected chi connectivity index (χ0v) is 18.6. The van der Waals surface area contributed by atoms with Crippen LogP contribution in [0.3, 0.4) is 0 Å². The molecule has 1 aromatic heterocycles. The minimum absolute atomic E-state index is 0.0104. The first-order chi connectivity index (χ1) is 15.0. The van der Waals surface area contributed by atoms with E-state index in [0.717, 1.165) is 12.0 Å². The van der Waals surface area contributed by atoms with Crippen molar-refractivity contribution in [2.45, 2.75) is 19.3 Å². The molecule has 1 saturated heterocycles. The van der Waals surface area contributed by atoms with E-state index in [1.165, 1.54) is 0 Å². The molecule has 0 unspecified atom stereocenters. The second-order valence-electron chi connectivity index (χ2n) is 7.48. The molecule has 168 valence electrons. The summed E-state index contributed by atoms with van der Waals surface area (Å²) in [6.45, 7) is 4.24. The van der Waals surface area contributed by atoms with Crippen molar-refractivity contribution in [3.63, 3.8) is 0 Å². The number of nitrogens with zero attached hydrogens (tertiary/aromatic N) is 3. The first kappa shape index (κ1) is 23.2. The molecule has 31 heavy (non-hydrogen) atoms. The van der Waals surface area contributed by atoms with Crippen LogP contribution in [0.4, 0.5) is 0 Å². The predicted octanol–water partition coefficient (Wildman–Crippen LogP) is 2.22. The fourth-order valence-corrected chi connectivity index (χ4v) is 3.53. The molecular weight excluding hydrogens is 420 g/mol. The van der Waals surface area contributed by atoms with Crippen molar-refractivity contribution >= 4 is 23.4 Å². The van der Waals surface area contributed by atoms with Crippen LogP contribution in [0.25, 0.3) is 11.3 Å². The number of amides is 2. The summed E-state index contributed by atoms with van der Waals surface area (Å²) in [5.41, 5.74) is 0.897. The van der Waals surface area contributed by atoms with Gasteiger partial charge in [-0.15, -0.1) is 0 Å². The summed E-state index contributed by atoms with van der Waals surface area (Å²) in [4.78, 5) is 32.7. The Bertz CT molecular complexity index is 847. The summed E-state index contributed by atoms with van der Waals surface area (Å²) < 4.78 is 10.7. The highest BCUT2D eigenvalue weighted by Gasteiger charge is 2.22. The third-order valence-electron chi connectivity index (χ3n) is 5.17. The molecule has 0 aliphatic carbocycles. The van der Waals surface area contributed by atoms with Gasteiger partial charge < -0.3 is 19.4 Å². The standard InChI is InChI=1S/C22H29ClN4O4/c1-30-14-2-9-24-20(28)16-26-10-12-27(13-11-26)22(29)8-7-21-25-15-19(31-21)17-3-5-18(23)6-4-17/h3-6,15H,2,7-14,16H2,1H3,(H,24,28). The zero-order chi connectivity index (χ0) is 22.1. The van der Waals surface area contributed by atoms with Crippen molar-refractivity contribution in [2.24, 2.45) is 0 Å². The van der Waals surface area contributed by atoms with Gasteiger partial charge in [0.2, 0.25) is 11.8 Å². The molecule has 1 fully saturated rings. The molecule has 8 nitrogen and oxygen atoms in total. The molecule has 0 saturated carbocycles. The van der Waals surface area contributed by atoms with Crippen LogP contribution < -0.4 is 5.32 Å². The Hall–Kier alpha value is -2.42. The van der Waals surface area contributed by atoms with E-state index in [-0.39, 0.29) is 11.8 Å². The number of ether oxygens (including phenoxy) is 1. The van der Waals surface area contributed by atoms with E-state index in [9.17, 15) is 9.59 Å². The Morgan fingerprint density at radius 2 is 1.94 bits per heavy atom. The topological polar surface area (TPSA) is 87.9 Å². The number of carbonyl (C=O) groups excluding carboxylic acids is 2. The number of hydrogen-bond acceptors (Lipinski definition) is 6. The monoisotopic (exact) mass is 448 g/mol. The van der Waals surface area contributed by atoms with Crippen molar-refractivity contribution in [1.29, 1.82) is 0 Å². The first-order valence-corrected chi connectivity index (χ1v) is 10.9. The van der Waals surface area contributed by atoms with Crippen LogP contribution in [0.5, 0.6) is 0 Å². The lowest BCUT2D eigenvalue weighted by Crippen LogP contribution is -2.51. The number of aryl methyl sites for hydroxylation is 1. The lowest BCUT2D eigenvalue weighted by atomic mass is 10.2. The van der Waals surface area contributed by atoms with Crippen LogP contribution in [0.2, 0.25) is 5.02 Å². The van der Waals surface area contributed by atoms with E-state index in [4.69, 9.17) is 20.8 Å². The second-order valence-corrected chi connectivity index (χ2v) is 7.91. The SMILES string of the molecule is COCCCNC(=O)CN1CCN(C(=O)CCc2ncc(-c3ccc(Cl)cc3)o2)CC1. The molecule has 3 rings (SSSR count). The van der Waals surface area contributed by atoms with E-state index in [0.29, 0.717) is 75.4 Å². The lowest BCUT2D eigenvalue weighted by molar-refractivity contribution is -0.133. The van der Waals surface area contributed by atoms with Crippen molar-refractivity contribution in [3.8, 4) is 11.3 Å². The maximum absolute atomic E-state index is 12.5. The number of methoxy groups -OCH3 is 1. The Labute approximate surface area is 187 Å². The van der Waals surface area contributed by atoms with Gasteiger partial charge in [-0.1, -0.05) is 11.6 Å². The highest BCUT2D eigenvalue weighted by Crippen LogP contribution is 2.22. The van der Waals surface area contributed by atoms with Gasteiger partial charge >= 0.3 is 0 Å². The van der Waals surface area contributed by atoms with Crippen molar-refractivity contribution in [3.05, 3.63) is 41.4 Å². The molecule has 1 aliphatic rings. The number of carbonyl (C=O) groups is 2. The van der Waals surface area contributed by atoms with Crippen LogP contribution in [0.1, 0.15) is 18.7 Å². The maximum Gasteiger partial charge on any atom is 0.234 e. The fourth-order valence-electron chi connectivity index (χ4n) is 3.40. The maximum atomic E-state index is 12.5. The number of hydrogen-bond donors (Lipinski definition) is 1. The normalized spacial score (nSPS) is 14.6. The van der Waals surface area contributed by atoms with E-state index < -0.39 is 0 Å². The van der Waals surface area contributed by atoms with Crippen molar-refractivity contribution in [1.82, 2.24) is 20.1 Å². The largest absolute Gasteiger partial charge is 0.441 e. The number of aromatic nitrogens is 1. The van der Waals surface area contributed by atoms with E-state index in [1.54, 1.807) is 25.4 Å². The number of rotatable bonds is 10. The van der Waals surface area contributed by atoms with E-state index >= 15 is 0 Å². The molecule has 0 radical (unpaired) electrons. The zero-order valence-electron chi connectivity index (χ0n) is 17.8. The van der Waals surface area contributed by atoms with Crippen LogP contribution in [0.15, 0.2) is 34.9 Å². The van der Waals surface area contributed by atoms with Gasteiger partial charge in [0.1, 0.15) is 0 Å². The third-order valence-corrected chi connectivity index (χ3v) is 5.43. The average molecular weight is 449 g/mol. The van der Waals surface area contributed by atoms with Crippen molar-refractivity contribution in [2.75, 3.05) is 53.0 Å². The molecule has 2 heterocycles. The Kier molecular flexibility index (Phi) is 8.87. The summed E-state index contributed by atoms with van der Waals surface area (Å²) in [7, 11) is 1.65. The average Bonchev–Trinajstić information content (AvgIpc) is 3.25. The smallest absolute Gasteiger partial charge is 0.234 e. The molecule has 1 N–H and O–H groups in total. The van der Waals surface area contributed by atoms with Gasteiger partial charge in [0.25, 0.3) is 0 Å². The summed E-state index contributed by atoms with van der Waals surface area (Å²) in [5, 5.41) is 3.55. The molecular formula is C22H29ClN4O4.